The normalized spacial score (nSPS) is 11.6. The van der Waals surface area contributed by atoms with Crippen molar-refractivity contribution in [3.05, 3.63) is 91.6 Å². The Morgan fingerprint density at radius 3 is 2.72 bits per heavy atom. The zero-order valence-electron chi connectivity index (χ0n) is 16.8. The average Bonchev–Trinajstić information content (AvgIpc) is 3.21. The zero-order chi connectivity index (χ0) is 22.2. The zero-order valence-corrected chi connectivity index (χ0v) is 19.9. The summed E-state index contributed by atoms with van der Waals surface area (Å²) in [5.41, 5.74) is 1.78. The Kier molecular flexibility index (Phi) is 5.40. The van der Waals surface area contributed by atoms with E-state index in [0.29, 0.717) is 33.8 Å². The van der Waals surface area contributed by atoms with Gasteiger partial charge in [-0.15, -0.1) is 0 Å². The first-order valence-corrected chi connectivity index (χ1v) is 11.2. The summed E-state index contributed by atoms with van der Waals surface area (Å²) in [6, 6.07) is 20.3. The summed E-state index contributed by atoms with van der Waals surface area (Å²) >= 11 is 6.95. The number of fused-ring (bicyclic) bond motifs is 2. The molecule has 32 heavy (non-hydrogen) atoms. The fourth-order valence-corrected chi connectivity index (χ4v) is 4.34. The largest absolute Gasteiger partial charge is 0.496 e. The lowest BCUT2D eigenvalue weighted by molar-refractivity contribution is 0.412. The van der Waals surface area contributed by atoms with Crippen molar-refractivity contribution in [3.8, 4) is 17.3 Å². The minimum absolute atomic E-state index is 0.281. The number of aromatic nitrogens is 2. The lowest BCUT2D eigenvalue weighted by Crippen LogP contribution is -2.20. The molecule has 158 valence electrons. The molecule has 2 aromatic heterocycles. The van der Waals surface area contributed by atoms with Gasteiger partial charge in [-0.05, 0) is 76.1 Å². The lowest BCUT2D eigenvalue weighted by Gasteiger charge is -2.07. The molecule has 3 aromatic carbocycles. The Bertz CT molecular complexity index is 1570. The topological polar surface area (TPSA) is 69.6 Å². The third-order valence-corrected chi connectivity index (χ3v) is 6.06. The number of furan rings is 1. The minimum atomic E-state index is -0.281. The number of hydrogen-bond acceptors (Lipinski definition) is 5. The van der Waals surface area contributed by atoms with Gasteiger partial charge in [-0.1, -0.05) is 28.1 Å². The fourth-order valence-electron chi connectivity index (χ4n) is 3.40. The van der Waals surface area contributed by atoms with Crippen LogP contribution in [0, 0.1) is 0 Å². The first-order valence-electron chi connectivity index (χ1n) is 9.62. The average molecular weight is 553 g/mol. The summed E-state index contributed by atoms with van der Waals surface area (Å²) < 4.78 is 14.3. The van der Waals surface area contributed by atoms with Crippen molar-refractivity contribution in [3.63, 3.8) is 0 Å². The van der Waals surface area contributed by atoms with E-state index in [0.717, 1.165) is 19.9 Å². The second-order valence-corrected chi connectivity index (χ2v) is 8.77. The molecule has 0 saturated carbocycles. The molecule has 0 amide bonds. The molecular weight excluding hydrogens is 538 g/mol. The molecule has 2 heterocycles. The molecule has 0 aliphatic rings. The molecule has 0 N–H and O–H groups in total. The van der Waals surface area contributed by atoms with E-state index in [-0.39, 0.29) is 5.56 Å². The number of para-hydroxylation sites is 1. The molecule has 8 heteroatoms. The summed E-state index contributed by atoms with van der Waals surface area (Å²) in [7, 11) is 1.60. The molecule has 0 atom stereocenters. The first-order chi connectivity index (χ1) is 15.5. The van der Waals surface area contributed by atoms with Crippen molar-refractivity contribution in [1.82, 2.24) is 9.66 Å². The van der Waals surface area contributed by atoms with Gasteiger partial charge in [0, 0.05) is 9.86 Å². The Morgan fingerprint density at radius 2 is 1.91 bits per heavy atom. The maximum Gasteiger partial charge on any atom is 0.282 e. The van der Waals surface area contributed by atoms with E-state index < -0.39 is 0 Å². The van der Waals surface area contributed by atoms with E-state index in [4.69, 9.17) is 14.1 Å². The Hall–Kier alpha value is -3.23. The van der Waals surface area contributed by atoms with Gasteiger partial charge < -0.3 is 9.15 Å². The molecule has 6 nitrogen and oxygen atoms in total. The Balaban J connectivity index is 1.70. The molecule has 0 unspecified atom stereocenters. The van der Waals surface area contributed by atoms with Crippen molar-refractivity contribution in [2.75, 3.05) is 7.11 Å². The van der Waals surface area contributed by atoms with Crippen LogP contribution in [-0.4, -0.2) is 23.0 Å². The summed E-state index contributed by atoms with van der Waals surface area (Å²) in [4.78, 5) is 18.0. The van der Waals surface area contributed by atoms with Gasteiger partial charge in [-0.2, -0.15) is 9.78 Å². The van der Waals surface area contributed by atoms with Gasteiger partial charge in [-0.25, -0.2) is 4.98 Å². The van der Waals surface area contributed by atoms with E-state index in [2.05, 4.69) is 37.0 Å². The van der Waals surface area contributed by atoms with E-state index in [1.807, 2.05) is 48.5 Å². The highest BCUT2D eigenvalue weighted by Gasteiger charge is 2.16. The lowest BCUT2D eigenvalue weighted by atomic mass is 10.2. The van der Waals surface area contributed by atoms with Gasteiger partial charge >= 0.3 is 0 Å². The van der Waals surface area contributed by atoms with Crippen LogP contribution >= 0.6 is 31.9 Å². The minimum Gasteiger partial charge on any atom is -0.496 e. The number of rotatable bonds is 4. The van der Waals surface area contributed by atoms with E-state index in [1.165, 1.54) is 4.68 Å². The van der Waals surface area contributed by atoms with Gasteiger partial charge in [0.1, 0.15) is 11.3 Å². The van der Waals surface area contributed by atoms with Gasteiger partial charge in [0.2, 0.25) is 5.82 Å². The molecule has 0 radical (unpaired) electrons. The standard InChI is InChI=1S/C24H15Br2N3O3/c1-31-21-8-6-14(10-18(21)26)13-27-29-23(28-19-5-3-2-4-17(19)24(29)30)22-12-15-11-16(25)7-9-20(15)32-22/h2-13H,1H3. The summed E-state index contributed by atoms with van der Waals surface area (Å²) in [5, 5.41) is 5.84. The molecule has 0 aliphatic heterocycles. The van der Waals surface area contributed by atoms with Gasteiger partial charge in [0.25, 0.3) is 5.56 Å². The number of ether oxygens (including phenoxy) is 1. The third kappa shape index (κ3) is 3.76. The fraction of sp³-hybridized carbons (Fsp3) is 0.0417. The van der Waals surface area contributed by atoms with Crippen LogP contribution in [0.15, 0.2) is 90.0 Å². The molecular formula is C24H15Br2N3O3. The van der Waals surface area contributed by atoms with Crippen LogP contribution in [0.25, 0.3) is 33.5 Å². The molecule has 5 rings (SSSR count). The summed E-state index contributed by atoms with van der Waals surface area (Å²) in [6.45, 7) is 0. The SMILES string of the molecule is COc1ccc(C=Nn2c(-c3cc4cc(Br)ccc4o3)nc3ccccc3c2=O)cc1Br. The Morgan fingerprint density at radius 1 is 1.06 bits per heavy atom. The highest BCUT2D eigenvalue weighted by Crippen LogP contribution is 2.29. The number of benzene rings is 3. The van der Waals surface area contributed by atoms with Crippen molar-refractivity contribution in [2.45, 2.75) is 0 Å². The number of hydrogen-bond donors (Lipinski definition) is 0. The second kappa shape index (κ2) is 8.37. The molecule has 0 fully saturated rings. The van der Waals surface area contributed by atoms with Crippen LogP contribution in [0.3, 0.4) is 0 Å². The van der Waals surface area contributed by atoms with Crippen LogP contribution in [0.1, 0.15) is 5.56 Å². The first kappa shape index (κ1) is 20.7. The van der Waals surface area contributed by atoms with Gasteiger partial charge in [-0.3, -0.25) is 4.79 Å². The smallest absolute Gasteiger partial charge is 0.282 e. The van der Waals surface area contributed by atoms with Crippen molar-refractivity contribution < 1.29 is 9.15 Å². The maximum atomic E-state index is 13.3. The predicted molar refractivity (Wildman–Crippen MR) is 133 cm³/mol. The third-order valence-electron chi connectivity index (χ3n) is 4.95. The van der Waals surface area contributed by atoms with Crippen molar-refractivity contribution >= 4 is 59.9 Å². The van der Waals surface area contributed by atoms with E-state index in [9.17, 15) is 4.79 Å². The summed E-state index contributed by atoms with van der Waals surface area (Å²) in [6.07, 6.45) is 1.60. The van der Waals surface area contributed by atoms with Crippen LogP contribution in [0.5, 0.6) is 5.75 Å². The van der Waals surface area contributed by atoms with Gasteiger partial charge in [0.05, 0.1) is 28.7 Å². The van der Waals surface area contributed by atoms with Crippen LogP contribution < -0.4 is 10.3 Å². The number of methoxy groups -OCH3 is 1. The highest BCUT2D eigenvalue weighted by atomic mass is 79.9. The van der Waals surface area contributed by atoms with Gasteiger partial charge in [0.15, 0.2) is 5.76 Å². The quantitative estimate of drug-likeness (QED) is 0.248. The Labute approximate surface area is 199 Å². The predicted octanol–water partition coefficient (Wildman–Crippen LogP) is 6.23. The molecule has 0 saturated heterocycles. The molecule has 0 spiro atoms. The van der Waals surface area contributed by atoms with Crippen LogP contribution in [0.2, 0.25) is 0 Å². The van der Waals surface area contributed by atoms with Crippen molar-refractivity contribution in [2.24, 2.45) is 5.10 Å². The molecule has 0 aliphatic carbocycles. The molecule has 5 aromatic rings. The second-order valence-electron chi connectivity index (χ2n) is 7.00. The summed E-state index contributed by atoms with van der Waals surface area (Å²) in [5.74, 6) is 1.49. The van der Waals surface area contributed by atoms with E-state index >= 15 is 0 Å². The van der Waals surface area contributed by atoms with Crippen LogP contribution in [-0.2, 0) is 0 Å². The van der Waals surface area contributed by atoms with Crippen molar-refractivity contribution in [1.29, 1.82) is 0 Å². The maximum absolute atomic E-state index is 13.3. The number of halogens is 2. The van der Waals surface area contributed by atoms with E-state index in [1.54, 1.807) is 31.5 Å². The van der Waals surface area contributed by atoms with Crippen LogP contribution in [0.4, 0.5) is 0 Å². The number of nitrogens with zero attached hydrogens (tertiary/aromatic N) is 3. The monoisotopic (exact) mass is 551 g/mol. The highest BCUT2D eigenvalue weighted by molar-refractivity contribution is 9.10. The molecule has 0 bridgehead atoms.